The highest BCUT2D eigenvalue weighted by Crippen LogP contribution is 2.38. The lowest BCUT2D eigenvalue weighted by molar-refractivity contribution is -0.153. The molecule has 2 aliphatic carbocycles. The molecule has 0 radical (unpaired) electrons. The standard InChI is InChI=1S/C13H20N2O3/c14-11-3-1-9(2-4-11)10-5-7-13(15-18,8-6-10)12(16)17/h1,3-4,9-10,15,18H,2,5-8,14H2,(H,16,17). The number of hydrogen-bond acceptors (Lipinski definition) is 4. The fourth-order valence-corrected chi connectivity index (χ4v) is 2.94. The van der Waals surface area contributed by atoms with E-state index in [0.717, 1.165) is 25.0 Å². The van der Waals surface area contributed by atoms with E-state index in [4.69, 9.17) is 16.0 Å². The van der Waals surface area contributed by atoms with E-state index in [1.54, 1.807) is 0 Å². The second kappa shape index (κ2) is 5.12. The number of hydrogen-bond donors (Lipinski definition) is 4. The van der Waals surface area contributed by atoms with Crippen LogP contribution in [0.3, 0.4) is 0 Å². The van der Waals surface area contributed by atoms with Crippen molar-refractivity contribution in [3.8, 4) is 0 Å². The van der Waals surface area contributed by atoms with Gasteiger partial charge in [0, 0.05) is 5.70 Å². The lowest BCUT2D eigenvalue weighted by atomic mass is 9.71. The molecular formula is C13H20N2O3. The van der Waals surface area contributed by atoms with Crippen molar-refractivity contribution in [1.82, 2.24) is 5.48 Å². The lowest BCUT2D eigenvalue weighted by Crippen LogP contribution is -2.53. The van der Waals surface area contributed by atoms with E-state index in [0.29, 0.717) is 24.7 Å². The topological polar surface area (TPSA) is 95.6 Å². The molecule has 18 heavy (non-hydrogen) atoms. The van der Waals surface area contributed by atoms with Gasteiger partial charge in [-0.3, -0.25) is 4.79 Å². The maximum Gasteiger partial charge on any atom is 0.326 e. The van der Waals surface area contributed by atoms with E-state index in [2.05, 4.69) is 6.08 Å². The van der Waals surface area contributed by atoms with Crippen molar-refractivity contribution in [2.24, 2.45) is 17.6 Å². The van der Waals surface area contributed by atoms with Crippen LogP contribution in [0.1, 0.15) is 32.1 Å². The van der Waals surface area contributed by atoms with Crippen LogP contribution >= 0.6 is 0 Å². The molecule has 1 unspecified atom stereocenters. The molecule has 2 rings (SSSR count). The van der Waals surface area contributed by atoms with Crippen molar-refractivity contribution in [2.75, 3.05) is 0 Å². The number of rotatable bonds is 3. The number of carboxylic acid groups (broad SMARTS) is 1. The molecule has 0 aromatic carbocycles. The minimum Gasteiger partial charge on any atom is -0.480 e. The van der Waals surface area contributed by atoms with E-state index in [9.17, 15) is 4.79 Å². The van der Waals surface area contributed by atoms with Crippen LogP contribution in [-0.2, 0) is 4.79 Å². The molecule has 100 valence electrons. The summed E-state index contributed by atoms with van der Waals surface area (Å²) in [4.78, 5) is 11.2. The predicted molar refractivity (Wildman–Crippen MR) is 66.8 cm³/mol. The van der Waals surface area contributed by atoms with Crippen molar-refractivity contribution in [2.45, 2.75) is 37.6 Å². The summed E-state index contributed by atoms with van der Waals surface area (Å²) in [5.74, 6) is -0.0408. The van der Waals surface area contributed by atoms with Crippen LogP contribution in [-0.4, -0.2) is 21.8 Å². The minimum absolute atomic E-state index is 0.447. The van der Waals surface area contributed by atoms with Gasteiger partial charge in [-0.15, -0.1) is 0 Å². The van der Waals surface area contributed by atoms with Crippen molar-refractivity contribution in [1.29, 1.82) is 0 Å². The average Bonchev–Trinajstić information content (AvgIpc) is 2.39. The lowest BCUT2D eigenvalue weighted by Gasteiger charge is -2.38. The first-order valence-electron chi connectivity index (χ1n) is 6.36. The first-order valence-corrected chi connectivity index (χ1v) is 6.36. The third-order valence-electron chi connectivity index (χ3n) is 4.27. The molecule has 1 saturated carbocycles. The number of hydroxylamine groups is 1. The fraction of sp³-hybridized carbons (Fsp3) is 0.615. The Morgan fingerprint density at radius 1 is 1.44 bits per heavy atom. The smallest absolute Gasteiger partial charge is 0.326 e. The number of nitrogens with two attached hydrogens (primary N) is 1. The summed E-state index contributed by atoms with van der Waals surface area (Å²) in [7, 11) is 0. The SMILES string of the molecule is NC1=CCC(C2CCC(NO)(C(=O)O)CC2)C=C1. The highest BCUT2D eigenvalue weighted by Gasteiger charge is 2.42. The summed E-state index contributed by atoms with van der Waals surface area (Å²) >= 11 is 0. The van der Waals surface area contributed by atoms with Crippen molar-refractivity contribution in [3.05, 3.63) is 23.9 Å². The Morgan fingerprint density at radius 2 is 2.11 bits per heavy atom. The van der Waals surface area contributed by atoms with Crippen LogP contribution in [0.15, 0.2) is 23.9 Å². The van der Waals surface area contributed by atoms with Gasteiger partial charge >= 0.3 is 5.97 Å². The Labute approximate surface area is 106 Å². The number of aliphatic carboxylic acids is 1. The van der Waals surface area contributed by atoms with E-state index < -0.39 is 11.5 Å². The van der Waals surface area contributed by atoms with E-state index >= 15 is 0 Å². The second-order valence-corrected chi connectivity index (χ2v) is 5.30. The first kappa shape index (κ1) is 13.1. The largest absolute Gasteiger partial charge is 0.480 e. The van der Waals surface area contributed by atoms with Gasteiger partial charge in [0.25, 0.3) is 0 Å². The molecule has 0 spiro atoms. The van der Waals surface area contributed by atoms with Gasteiger partial charge in [-0.25, -0.2) is 0 Å². The molecule has 5 N–H and O–H groups in total. The third-order valence-corrected chi connectivity index (χ3v) is 4.27. The van der Waals surface area contributed by atoms with Crippen molar-refractivity contribution >= 4 is 5.97 Å². The van der Waals surface area contributed by atoms with E-state index in [1.165, 1.54) is 0 Å². The Hall–Kier alpha value is -1.33. The number of carbonyl (C=O) groups is 1. The Balaban J connectivity index is 1.95. The van der Waals surface area contributed by atoms with Gasteiger partial charge in [-0.2, -0.15) is 5.48 Å². The first-order chi connectivity index (χ1) is 8.57. The molecule has 2 aliphatic rings. The van der Waals surface area contributed by atoms with Crippen LogP contribution in [0.2, 0.25) is 0 Å². The van der Waals surface area contributed by atoms with Crippen molar-refractivity contribution < 1.29 is 15.1 Å². The van der Waals surface area contributed by atoms with Gasteiger partial charge in [-0.05, 0) is 50.0 Å². The van der Waals surface area contributed by atoms with Gasteiger partial charge in [0.05, 0.1) is 0 Å². The highest BCUT2D eigenvalue weighted by molar-refractivity contribution is 5.78. The molecule has 0 amide bonds. The molecule has 5 heteroatoms. The van der Waals surface area contributed by atoms with Crippen LogP contribution in [0.4, 0.5) is 0 Å². The Kier molecular flexibility index (Phi) is 3.73. The van der Waals surface area contributed by atoms with E-state index in [-0.39, 0.29) is 0 Å². The molecule has 0 saturated heterocycles. The molecule has 5 nitrogen and oxygen atoms in total. The molecule has 0 aliphatic heterocycles. The zero-order valence-electron chi connectivity index (χ0n) is 10.3. The quantitative estimate of drug-likeness (QED) is 0.569. The third kappa shape index (κ3) is 2.42. The average molecular weight is 252 g/mol. The van der Waals surface area contributed by atoms with Gasteiger partial charge in [0.1, 0.15) is 5.54 Å². The number of nitrogens with one attached hydrogen (secondary N) is 1. The van der Waals surface area contributed by atoms with Gasteiger partial charge in [-0.1, -0.05) is 12.2 Å². The monoisotopic (exact) mass is 252 g/mol. The fourth-order valence-electron chi connectivity index (χ4n) is 2.94. The van der Waals surface area contributed by atoms with Crippen LogP contribution < -0.4 is 11.2 Å². The molecule has 0 aromatic rings. The van der Waals surface area contributed by atoms with Crippen LogP contribution in [0, 0.1) is 11.8 Å². The summed E-state index contributed by atoms with van der Waals surface area (Å²) in [6.07, 6.45) is 9.55. The summed E-state index contributed by atoms with van der Waals surface area (Å²) in [5.41, 5.74) is 7.34. The predicted octanol–water partition coefficient (Wildman–Crippen LogP) is 1.40. The van der Waals surface area contributed by atoms with E-state index in [1.807, 2.05) is 17.6 Å². The summed E-state index contributed by atoms with van der Waals surface area (Å²) in [6, 6.07) is 0. The normalized spacial score (nSPS) is 36.2. The molecular weight excluding hydrogens is 232 g/mol. The number of carboxylic acids is 1. The van der Waals surface area contributed by atoms with Crippen LogP contribution in [0.25, 0.3) is 0 Å². The molecule has 0 aromatic heterocycles. The van der Waals surface area contributed by atoms with Gasteiger partial charge in [0.15, 0.2) is 0 Å². The summed E-state index contributed by atoms with van der Waals surface area (Å²) in [6.45, 7) is 0. The second-order valence-electron chi connectivity index (χ2n) is 5.30. The summed E-state index contributed by atoms with van der Waals surface area (Å²) in [5, 5.41) is 18.2. The van der Waals surface area contributed by atoms with Crippen molar-refractivity contribution in [3.63, 3.8) is 0 Å². The van der Waals surface area contributed by atoms with Crippen LogP contribution in [0.5, 0.6) is 0 Å². The Bertz CT molecular complexity index is 382. The zero-order valence-corrected chi connectivity index (χ0v) is 10.3. The highest BCUT2D eigenvalue weighted by atomic mass is 16.5. The summed E-state index contributed by atoms with van der Waals surface area (Å²) < 4.78 is 0. The maximum atomic E-state index is 11.2. The molecule has 1 atom stereocenters. The minimum atomic E-state index is -1.15. The van der Waals surface area contributed by atoms with Gasteiger partial charge < -0.3 is 16.0 Å². The Morgan fingerprint density at radius 3 is 2.56 bits per heavy atom. The van der Waals surface area contributed by atoms with Gasteiger partial charge in [0.2, 0.25) is 0 Å². The molecule has 1 fully saturated rings. The molecule has 0 bridgehead atoms. The maximum absolute atomic E-state index is 11.2. The zero-order chi connectivity index (χ0) is 13.2. The molecule has 0 heterocycles. The number of allylic oxidation sites excluding steroid dienone is 3.